The van der Waals surface area contributed by atoms with Gasteiger partial charge in [0.2, 0.25) is 0 Å². The highest BCUT2D eigenvalue weighted by Crippen LogP contribution is 2.30. The van der Waals surface area contributed by atoms with E-state index < -0.39 is 0 Å². The monoisotopic (exact) mass is 446 g/mol. The number of ether oxygens (including phenoxy) is 1. The molecular formula is C25H23ClN4O2. The summed E-state index contributed by atoms with van der Waals surface area (Å²) < 4.78 is 7.89. The van der Waals surface area contributed by atoms with Gasteiger partial charge >= 0.3 is 0 Å². The van der Waals surface area contributed by atoms with Crippen LogP contribution >= 0.6 is 11.6 Å². The number of benzene rings is 3. The van der Waals surface area contributed by atoms with Crippen LogP contribution in [-0.4, -0.2) is 28.6 Å². The maximum Gasteiger partial charge on any atom is 0.262 e. The number of para-hydroxylation sites is 3. The zero-order chi connectivity index (χ0) is 22.1. The summed E-state index contributed by atoms with van der Waals surface area (Å²) in [4.78, 5) is 19.4. The lowest BCUT2D eigenvalue weighted by Gasteiger charge is -2.30. The van der Waals surface area contributed by atoms with Crippen LogP contribution in [0.5, 0.6) is 5.75 Å². The second-order valence-corrected chi connectivity index (χ2v) is 8.26. The van der Waals surface area contributed by atoms with Gasteiger partial charge in [0.15, 0.2) is 6.61 Å². The minimum Gasteiger partial charge on any atom is -0.483 e. The molecule has 0 fully saturated rings. The number of carbonyl (C=O) groups excluding carboxylic acids is 1. The molecule has 1 aliphatic rings. The first kappa shape index (κ1) is 20.4. The molecule has 1 N–H and O–H groups in total. The van der Waals surface area contributed by atoms with Crippen LogP contribution in [0.3, 0.4) is 0 Å². The lowest BCUT2D eigenvalue weighted by Crippen LogP contribution is -2.33. The van der Waals surface area contributed by atoms with Crippen LogP contribution in [0, 0.1) is 6.92 Å². The molecule has 32 heavy (non-hydrogen) atoms. The first-order valence-electron chi connectivity index (χ1n) is 10.6. The molecule has 0 spiro atoms. The van der Waals surface area contributed by atoms with E-state index in [1.54, 1.807) is 0 Å². The molecule has 7 heteroatoms. The highest BCUT2D eigenvalue weighted by molar-refractivity contribution is 6.34. The first-order valence-corrected chi connectivity index (χ1v) is 10.9. The normalized spacial score (nSPS) is 13.1. The minimum absolute atomic E-state index is 0.0781. The molecule has 1 aliphatic heterocycles. The van der Waals surface area contributed by atoms with Gasteiger partial charge in [-0.15, -0.1) is 0 Å². The van der Waals surface area contributed by atoms with Crippen LogP contribution in [0.1, 0.15) is 11.4 Å². The number of carbonyl (C=O) groups is 1. The van der Waals surface area contributed by atoms with E-state index in [-0.39, 0.29) is 12.5 Å². The van der Waals surface area contributed by atoms with Crippen molar-refractivity contribution in [2.24, 2.45) is 0 Å². The number of aromatic nitrogens is 2. The van der Waals surface area contributed by atoms with Crippen molar-refractivity contribution in [3.05, 3.63) is 83.1 Å². The predicted molar refractivity (Wildman–Crippen MR) is 128 cm³/mol. The topological polar surface area (TPSA) is 59.4 Å². The third-order valence-electron chi connectivity index (χ3n) is 5.70. The Balaban J connectivity index is 1.25. The molecule has 0 unspecified atom stereocenters. The van der Waals surface area contributed by atoms with E-state index in [0.717, 1.165) is 35.7 Å². The molecule has 5 rings (SSSR count). The number of amides is 1. The Kier molecular flexibility index (Phi) is 5.45. The second kappa shape index (κ2) is 8.55. The van der Waals surface area contributed by atoms with Gasteiger partial charge in [-0.05, 0) is 48.9 Å². The fourth-order valence-corrected chi connectivity index (χ4v) is 4.26. The average Bonchev–Trinajstić information content (AvgIpc) is 3.18. The van der Waals surface area contributed by atoms with Crippen molar-refractivity contribution in [2.75, 3.05) is 23.4 Å². The van der Waals surface area contributed by atoms with E-state index >= 15 is 0 Å². The van der Waals surface area contributed by atoms with Gasteiger partial charge in [-0.2, -0.15) is 0 Å². The molecule has 162 valence electrons. The third kappa shape index (κ3) is 4.01. The Morgan fingerprint density at radius 2 is 1.91 bits per heavy atom. The Morgan fingerprint density at radius 3 is 2.75 bits per heavy atom. The molecule has 4 aromatic rings. The quantitative estimate of drug-likeness (QED) is 0.466. The standard InChI is InChI=1S/C25H23ClN4O2/c1-17-6-2-5-9-23(17)32-16-25(31)28-20-11-10-18(14-19(20)26)29-12-13-30-22-8-4-3-7-21(22)27-24(30)15-29/h2-11,14H,12-13,15-16H2,1H3,(H,28,31). The second-order valence-electron chi connectivity index (χ2n) is 7.86. The van der Waals surface area contributed by atoms with Gasteiger partial charge in [0.05, 0.1) is 28.3 Å². The Labute approximate surface area is 191 Å². The molecule has 0 bridgehead atoms. The van der Waals surface area contributed by atoms with E-state index in [4.69, 9.17) is 21.3 Å². The number of rotatable bonds is 5. The lowest BCUT2D eigenvalue weighted by atomic mass is 10.2. The van der Waals surface area contributed by atoms with Crippen molar-refractivity contribution >= 4 is 39.9 Å². The van der Waals surface area contributed by atoms with Gasteiger partial charge in [0, 0.05) is 18.8 Å². The van der Waals surface area contributed by atoms with Crippen LogP contribution in [0.25, 0.3) is 11.0 Å². The van der Waals surface area contributed by atoms with Gasteiger partial charge in [-0.3, -0.25) is 4.79 Å². The maximum absolute atomic E-state index is 12.3. The van der Waals surface area contributed by atoms with Gasteiger partial charge in [-0.1, -0.05) is 41.9 Å². The van der Waals surface area contributed by atoms with Crippen LogP contribution < -0.4 is 15.0 Å². The molecule has 1 amide bonds. The maximum atomic E-state index is 12.3. The van der Waals surface area contributed by atoms with Crippen LogP contribution in [0.4, 0.5) is 11.4 Å². The van der Waals surface area contributed by atoms with Crippen molar-refractivity contribution in [1.82, 2.24) is 9.55 Å². The number of aryl methyl sites for hydroxylation is 1. The summed E-state index contributed by atoms with van der Waals surface area (Å²) in [6.07, 6.45) is 0. The lowest BCUT2D eigenvalue weighted by molar-refractivity contribution is -0.118. The Hall–Kier alpha value is -3.51. The molecule has 0 aliphatic carbocycles. The fourth-order valence-electron chi connectivity index (χ4n) is 4.04. The number of nitrogens with one attached hydrogen (secondary N) is 1. The Morgan fingerprint density at radius 1 is 1.09 bits per heavy atom. The number of anilines is 2. The zero-order valence-corrected chi connectivity index (χ0v) is 18.5. The molecular weight excluding hydrogens is 424 g/mol. The smallest absolute Gasteiger partial charge is 0.262 e. The SMILES string of the molecule is Cc1ccccc1OCC(=O)Nc1ccc(N2CCn3c(nc4ccccc43)C2)cc1Cl. The molecule has 0 atom stereocenters. The molecule has 2 heterocycles. The number of nitrogens with zero attached hydrogens (tertiary/aromatic N) is 3. The number of fused-ring (bicyclic) bond motifs is 3. The molecule has 3 aromatic carbocycles. The van der Waals surface area contributed by atoms with E-state index in [9.17, 15) is 4.79 Å². The van der Waals surface area contributed by atoms with Gasteiger partial charge in [-0.25, -0.2) is 4.98 Å². The summed E-state index contributed by atoms with van der Waals surface area (Å²) in [5.74, 6) is 1.48. The Bertz CT molecular complexity index is 1300. The van der Waals surface area contributed by atoms with E-state index in [0.29, 0.717) is 23.0 Å². The van der Waals surface area contributed by atoms with Gasteiger partial charge in [0.25, 0.3) is 5.91 Å². The van der Waals surface area contributed by atoms with E-state index in [2.05, 4.69) is 20.9 Å². The van der Waals surface area contributed by atoms with Crippen molar-refractivity contribution < 1.29 is 9.53 Å². The minimum atomic E-state index is -0.255. The summed E-state index contributed by atoms with van der Waals surface area (Å²) in [6, 6.07) is 21.5. The number of hydrogen-bond donors (Lipinski definition) is 1. The largest absolute Gasteiger partial charge is 0.483 e. The van der Waals surface area contributed by atoms with E-state index in [1.165, 1.54) is 5.52 Å². The zero-order valence-electron chi connectivity index (χ0n) is 17.7. The predicted octanol–water partition coefficient (Wildman–Crippen LogP) is 5.04. The summed E-state index contributed by atoms with van der Waals surface area (Å²) >= 11 is 6.50. The molecule has 0 saturated carbocycles. The van der Waals surface area contributed by atoms with Crippen molar-refractivity contribution in [3.63, 3.8) is 0 Å². The number of hydrogen-bond acceptors (Lipinski definition) is 4. The average molecular weight is 447 g/mol. The van der Waals surface area contributed by atoms with Crippen molar-refractivity contribution in [1.29, 1.82) is 0 Å². The molecule has 0 saturated heterocycles. The fraction of sp³-hybridized carbons (Fsp3) is 0.200. The summed E-state index contributed by atoms with van der Waals surface area (Å²) in [7, 11) is 0. The number of halogens is 1. The highest BCUT2D eigenvalue weighted by atomic mass is 35.5. The summed E-state index contributed by atoms with van der Waals surface area (Å²) in [5, 5.41) is 3.32. The van der Waals surface area contributed by atoms with Crippen molar-refractivity contribution in [2.45, 2.75) is 20.0 Å². The summed E-state index contributed by atoms with van der Waals surface area (Å²) in [5.41, 5.74) is 4.75. The first-order chi connectivity index (χ1) is 15.6. The molecule has 1 aromatic heterocycles. The van der Waals surface area contributed by atoms with E-state index in [1.807, 2.05) is 67.6 Å². The number of imidazole rings is 1. The van der Waals surface area contributed by atoms with Crippen molar-refractivity contribution in [3.8, 4) is 5.75 Å². The molecule has 6 nitrogen and oxygen atoms in total. The van der Waals surface area contributed by atoms with Gasteiger partial charge in [0.1, 0.15) is 11.6 Å². The summed E-state index contributed by atoms with van der Waals surface area (Å²) in [6.45, 7) is 4.30. The molecule has 0 radical (unpaired) electrons. The van der Waals surface area contributed by atoms with Crippen LogP contribution in [0.15, 0.2) is 66.7 Å². The van der Waals surface area contributed by atoms with Crippen LogP contribution in [0.2, 0.25) is 5.02 Å². The van der Waals surface area contributed by atoms with Crippen LogP contribution in [-0.2, 0) is 17.9 Å². The van der Waals surface area contributed by atoms with Gasteiger partial charge < -0.3 is 19.5 Å². The highest BCUT2D eigenvalue weighted by Gasteiger charge is 2.21. The third-order valence-corrected chi connectivity index (χ3v) is 6.02.